The van der Waals surface area contributed by atoms with E-state index in [-0.39, 0.29) is 35.8 Å². The summed E-state index contributed by atoms with van der Waals surface area (Å²) in [7, 11) is -2.93. The Labute approximate surface area is 175 Å². The highest BCUT2D eigenvalue weighted by molar-refractivity contribution is 9.10. The van der Waals surface area contributed by atoms with E-state index in [1.54, 1.807) is 6.07 Å². The Hall–Kier alpha value is -1.99. The molecule has 0 fully saturated rings. The van der Waals surface area contributed by atoms with Crippen LogP contribution in [0.3, 0.4) is 0 Å². The molecule has 0 bridgehead atoms. The smallest absolute Gasteiger partial charge is 0.299 e. The summed E-state index contributed by atoms with van der Waals surface area (Å²) in [6, 6.07) is 6.09. The van der Waals surface area contributed by atoms with Gasteiger partial charge in [-0.15, -0.1) is 0 Å². The number of methoxy groups -OCH3 is 1. The molecule has 0 spiro atoms. The second-order valence-corrected chi connectivity index (χ2v) is 8.32. The molecule has 0 amide bonds. The third-order valence-electron chi connectivity index (χ3n) is 3.70. The number of rotatable bonds is 10. The van der Waals surface area contributed by atoms with E-state index >= 15 is 0 Å². The van der Waals surface area contributed by atoms with Gasteiger partial charge in [-0.2, -0.15) is 13.1 Å². The molecule has 5 N–H and O–H groups in total. The van der Waals surface area contributed by atoms with Crippen molar-refractivity contribution in [1.29, 1.82) is 0 Å². The van der Waals surface area contributed by atoms with Gasteiger partial charge < -0.3 is 20.3 Å². The third kappa shape index (κ3) is 6.78. The highest BCUT2D eigenvalue weighted by atomic mass is 79.9. The van der Waals surface area contributed by atoms with E-state index in [0.29, 0.717) is 4.47 Å². The van der Waals surface area contributed by atoms with Crippen LogP contribution in [0.4, 0.5) is 25.8 Å². The van der Waals surface area contributed by atoms with Gasteiger partial charge in [-0.25, -0.2) is 8.78 Å². The molecule has 0 aliphatic rings. The number of halogens is 3. The molecule has 0 saturated heterocycles. The Morgan fingerprint density at radius 2 is 1.93 bits per heavy atom. The van der Waals surface area contributed by atoms with Crippen LogP contribution < -0.4 is 19.5 Å². The normalized spacial score (nSPS) is 12.5. The topological polar surface area (TPSA) is 120 Å². The van der Waals surface area contributed by atoms with Crippen molar-refractivity contribution in [2.24, 2.45) is 0 Å². The molecule has 0 saturated carbocycles. The van der Waals surface area contributed by atoms with Crippen LogP contribution in [-0.4, -0.2) is 45.0 Å². The molecule has 29 heavy (non-hydrogen) atoms. The van der Waals surface area contributed by atoms with Gasteiger partial charge in [0.05, 0.1) is 31.2 Å². The molecule has 0 heterocycles. The van der Waals surface area contributed by atoms with Gasteiger partial charge in [-0.1, -0.05) is 15.9 Å². The van der Waals surface area contributed by atoms with Crippen molar-refractivity contribution in [3.05, 3.63) is 46.4 Å². The monoisotopic (exact) mass is 495 g/mol. The molecule has 0 aliphatic carbocycles. The van der Waals surface area contributed by atoms with E-state index in [2.05, 4.69) is 30.7 Å². The number of hydrogen-bond donors (Lipinski definition) is 5. The van der Waals surface area contributed by atoms with Crippen molar-refractivity contribution in [2.75, 3.05) is 30.3 Å². The predicted octanol–water partition coefficient (Wildman–Crippen LogP) is 2.47. The minimum absolute atomic E-state index is 0.0136. The van der Waals surface area contributed by atoms with Crippen molar-refractivity contribution in [3.8, 4) is 5.75 Å². The Bertz CT molecular complexity index is 962. The van der Waals surface area contributed by atoms with Gasteiger partial charge in [-0.05, 0) is 30.7 Å². The first-order chi connectivity index (χ1) is 13.6. The van der Waals surface area contributed by atoms with Crippen molar-refractivity contribution < 1.29 is 32.1 Å². The maximum Gasteiger partial charge on any atom is 0.299 e. The first kappa shape index (κ1) is 23.3. The molecule has 8 nitrogen and oxygen atoms in total. The van der Waals surface area contributed by atoms with E-state index in [1.807, 2.05) is 0 Å². The molecule has 0 aromatic heterocycles. The highest BCUT2D eigenvalue weighted by Gasteiger charge is 2.19. The number of anilines is 3. The van der Waals surface area contributed by atoms with E-state index in [9.17, 15) is 22.3 Å². The summed E-state index contributed by atoms with van der Waals surface area (Å²) in [5, 5.41) is 20.7. The molecule has 2 rings (SSSR count). The Kier molecular flexibility index (Phi) is 8.16. The van der Waals surface area contributed by atoms with Crippen LogP contribution in [0, 0.1) is 11.6 Å². The number of nitrogens with one attached hydrogen (secondary N) is 3. The maximum absolute atomic E-state index is 14.2. The second kappa shape index (κ2) is 10.2. The maximum atomic E-state index is 14.2. The lowest BCUT2D eigenvalue weighted by atomic mass is 10.2. The number of benzene rings is 2. The first-order valence-corrected chi connectivity index (χ1v) is 10.6. The summed E-state index contributed by atoms with van der Waals surface area (Å²) < 4.78 is 62.7. The Morgan fingerprint density at radius 1 is 1.21 bits per heavy atom. The standard InChI is InChI=1S/C17H20BrF2N3O5S/c1-28-16-8-11(19)7-15(22-14-3-2-10(18)6-13(14)20)17(16)23-29(26,27)21-5-4-12(25)9-24/h2-3,6-8,12,21-25H,4-5,9H2,1H3. The van der Waals surface area contributed by atoms with Gasteiger partial charge >= 0.3 is 0 Å². The first-order valence-electron chi connectivity index (χ1n) is 8.31. The average molecular weight is 496 g/mol. The lowest BCUT2D eigenvalue weighted by Gasteiger charge is -2.18. The summed E-state index contributed by atoms with van der Waals surface area (Å²) in [6.45, 7) is -0.668. The summed E-state index contributed by atoms with van der Waals surface area (Å²) in [6.07, 6.45) is -1.09. The van der Waals surface area contributed by atoms with Crippen LogP contribution >= 0.6 is 15.9 Å². The quantitative estimate of drug-likeness (QED) is 0.345. The van der Waals surface area contributed by atoms with Crippen LogP contribution in [0.25, 0.3) is 0 Å². The summed E-state index contributed by atoms with van der Waals surface area (Å²) in [4.78, 5) is 0. The molecule has 0 radical (unpaired) electrons. The van der Waals surface area contributed by atoms with Gasteiger partial charge in [0.15, 0.2) is 0 Å². The van der Waals surface area contributed by atoms with Crippen LogP contribution in [0.1, 0.15) is 6.42 Å². The Balaban J connectivity index is 2.32. The predicted molar refractivity (Wildman–Crippen MR) is 109 cm³/mol. The number of aliphatic hydroxyl groups is 2. The van der Waals surface area contributed by atoms with Gasteiger partial charge in [0.2, 0.25) is 0 Å². The highest BCUT2D eigenvalue weighted by Crippen LogP contribution is 2.37. The van der Waals surface area contributed by atoms with E-state index in [4.69, 9.17) is 9.84 Å². The third-order valence-corrected chi connectivity index (χ3v) is 5.25. The average Bonchev–Trinajstić information content (AvgIpc) is 2.65. The van der Waals surface area contributed by atoms with Crippen molar-refractivity contribution >= 4 is 43.2 Å². The fourth-order valence-electron chi connectivity index (χ4n) is 2.30. The minimum atomic E-state index is -4.15. The molecule has 1 unspecified atom stereocenters. The molecule has 12 heteroatoms. The second-order valence-electron chi connectivity index (χ2n) is 5.90. The van der Waals surface area contributed by atoms with Crippen molar-refractivity contribution in [1.82, 2.24) is 4.72 Å². The molecular weight excluding hydrogens is 476 g/mol. The van der Waals surface area contributed by atoms with Crippen LogP contribution in [0.2, 0.25) is 0 Å². The lowest BCUT2D eigenvalue weighted by Crippen LogP contribution is -2.33. The molecule has 1 atom stereocenters. The number of ether oxygens (including phenoxy) is 1. The summed E-state index contributed by atoms with van der Waals surface area (Å²) in [5.41, 5.74) is -0.240. The van der Waals surface area contributed by atoms with Gasteiger partial charge in [-0.3, -0.25) is 4.72 Å². The molecule has 2 aromatic rings. The fourth-order valence-corrected chi connectivity index (χ4v) is 3.58. The SMILES string of the molecule is COc1cc(F)cc(Nc2ccc(Br)cc2F)c1NS(=O)(=O)NCCC(O)CO. The zero-order valence-corrected chi connectivity index (χ0v) is 17.6. The number of aliphatic hydroxyl groups excluding tert-OH is 2. The van der Waals surface area contributed by atoms with Crippen LogP contribution in [0.5, 0.6) is 5.75 Å². The minimum Gasteiger partial charge on any atom is -0.494 e. The van der Waals surface area contributed by atoms with Crippen LogP contribution in [-0.2, 0) is 10.2 Å². The van der Waals surface area contributed by atoms with Gasteiger partial charge in [0, 0.05) is 17.1 Å². The van der Waals surface area contributed by atoms with Crippen molar-refractivity contribution in [3.63, 3.8) is 0 Å². The molecule has 0 aliphatic heterocycles. The van der Waals surface area contributed by atoms with E-state index in [1.165, 1.54) is 19.2 Å². The summed E-state index contributed by atoms with van der Waals surface area (Å²) in [5.74, 6) is -1.51. The Morgan fingerprint density at radius 3 is 2.55 bits per heavy atom. The van der Waals surface area contributed by atoms with Crippen LogP contribution in [0.15, 0.2) is 34.8 Å². The summed E-state index contributed by atoms with van der Waals surface area (Å²) >= 11 is 3.13. The fraction of sp³-hybridized carbons (Fsp3) is 0.294. The van der Waals surface area contributed by atoms with E-state index < -0.39 is 34.6 Å². The van der Waals surface area contributed by atoms with Gasteiger partial charge in [0.1, 0.15) is 23.1 Å². The van der Waals surface area contributed by atoms with E-state index in [0.717, 1.165) is 12.1 Å². The largest absolute Gasteiger partial charge is 0.494 e. The number of hydrogen-bond acceptors (Lipinski definition) is 6. The lowest BCUT2D eigenvalue weighted by molar-refractivity contribution is 0.0895. The zero-order chi connectivity index (χ0) is 21.6. The molecule has 160 valence electrons. The molecular formula is C17H20BrF2N3O5S. The zero-order valence-electron chi connectivity index (χ0n) is 15.2. The van der Waals surface area contributed by atoms with Gasteiger partial charge in [0.25, 0.3) is 10.2 Å². The molecule has 2 aromatic carbocycles. The van der Waals surface area contributed by atoms with Crippen molar-refractivity contribution in [2.45, 2.75) is 12.5 Å².